The van der Waals surface area contributed by atoms with E-state index < -0.39 is 0 Å². The predicted molar refractivity (Wildman–Crippen MR) is 73.2 cm³/mol. The smallest absolute Gasteiger partial charge is 0.262 e. The second-order valence-electron chi connectivity index (χ2n) is 4.06. The van der Waals surface area contributed by atoms with Gasteiger partial charge in [-0.05, 0) is 17.9 Å². The molecule has 0 aliphatic heterocycles. The summed E-state index contributed by atoms with van der Waals surface area (Å²) in [5, 5.41) is 13.7. The third kappa shape index (κ3) is 3.39. The third-order valence-corrected chi connectivity index (χ3v) is 3.51. The Labute approximate surface area is 113 Å². The van der Waals surface area contributed by atoms with Gasteiger partial charge >= 0.3 is 0 Å². The highest BCUT2D eigenvalue weighted by Crippen LogP contribution is 2.13. The van der Waals surface area contributed by atoms with Crippen molar-refractivity contribution >= 4 is 27.5 Å². The molecule has 2 rings (SSSR count). The summed E-state index contributed by atoms with van der Waals surface area (Å²) >= 11 is 1.42. The zero-order valence-corrected chi connectivity index (χ0v) is 11.2. The van der Waals surface area contributed by atoms with Crippen LogP contribution in [0.15, 0.2) is 22.6 Å². The average molecular weight is 281 g/mol. The van der Waals surface area contributed by atoms with Gasteiger partial charge in [-0.15, -0.1) is 11.3 Å². The molecule has 2 aromatic heterocycles. The summed E-state index contributed by atoms with van der Waals surface area (Å²) in [5.74, 6) is -0.134. The predicted octanol–water partition coefficient (Wildman–Crippen LogP) is 0.347. The van der Waals surface area contributed by atoms with E-state index in [4.69, 9.17) is 5.11 Å². The number of thiophene rings is 1. The summed E-state index contributed by atoms with van der Waals surface area (Å²) < 4.78 is 1.45. The molecule has 0 saturated heterocycles. The molecule has 0 fully saturated rings. The summed E-state index contributed by atoms with van der Waals surface area (Å²) in [5.41, 5.74) is -0.116. The highest BCUT2D eigenvalue weighted by molar-refractivity contribution is 7.16. The highest BCUT2D eigenvalue weighted by Gasteiger charge is 2.06. The number of hydrogen-bond donors (Lipinski definition) is 2. The Kier molecular flexibility index (Phi) is 4.64. The van der Waals surface area contributed by atoms with Crippen molar-refractivity contribution in [1.82, 2.24) is 14.9 Å². The molecule has 2 heterocycles. The maximum absolute atomic E-state index is 12.0. The minimum atomic E-state index is -0.134. The Morgan fingerprint density at radius 3 is 3.16 bits per heavy atom. The Hall–Kier alpha value is -1.73. The van der Waals surface area contributed by atoms with Gasteiger partial charge in [-0.1, -0.05) is 0 Å². The summed E-state index contributed by atoms with van der Waals surface area (Å²) in [6.45, 7) is 0.813. The van der Waals surface area contributed by atoms with E-state index in [-0.39, 0.29) is 24.5 Å². The topological polar surface area (TPSA) is 84.2 Å². The molecular weight excluding hydrogens is 266 g/mol. The fourth-order valence-electron chi connectivity index (χ4n) is 1.67. The summed E-state index contributed by atoms with van der Waals surface area (Å²) in [6.07, 6.45) is 2.24. The Bertz CT molecular complexity index is 620. The molecule has 1 amide bonds. The van der Waals surface area contributed by atoms with Crippen molar-refractivity contribution in [3.63, 3.8) is 0 Å². The maximum atomic E-state index is 12.0. The van der Waals surface area contributed by atoms with E-state index >= 15 is 0 Å². The van der Waals surface area contributed by atoms with Crippen molar-refractivity contribution in [2.45, 2.75) is 19.4 Å². The molecule has 0 aliphatic carbocycles. The fourth-order valence-corrected chi connectivity index (χ4v) is 2.39. The van der Waals surface area contributed by atoms with Crippen LogP contribution < -0.4 is 10.9 Å². The Balaban J connectivity index is 1.96. The van der Waals surface area contributed by atoms with Crippen LogP contribution in [0.25, 0.3) is 10.2 Å². The molecule has 0 saturated carbocycles. The minimum Gasteiger partial charge on any atom is -0.396 e. The zero-order valence-electron chi connectivity index (χ0n) is 10.3. The summed E-state index contributed by atoms with van der Waals surface area (Å²) in [7, 11) is 0. The number of nitrogens with zero attached hydrogens (tertiary/aromatic N) is 2. The van der Waals surface area contributed by atoms with E-state index in [1.54, 1.807) is 6.07 Å². The number of carbonyl (C=O) groups is 1. The van der Waals surface area contributed by atoms with E-state index in [1.165, 1.54) is 22.2 Å². The minimum absolute atomic E-state index is 0.0540. The number of rotatable bonds is 6. The van der Waals surface area contributed by atoms with Crippen molar-refractivity contribution in [3.05, 3.63) is 28.1 Å². The quantitative estimate of drug-likeness (QED) is 0.748. The molecule has 0 spiro atoms. The lowest BCUT2D eigenvalue weighted by atomic mass is 10.3. The van der Waals surface area contributed by atoms with Crippen LogP contribution in [0.5, 0.6) is 0 Å². The summed E-state index contributed by atoms with van der Waals surface area (Å²) in [4.78, 5) is 28.4. The molecule has 0 aromatic carbocycles. The van der Waals surface area contributed by atoms with Crippen LogP contribution in [0.3, 0.4) is 0 Å². The lowest BCUT2D eigenvalue weighted by Crippen LogP contribution is -2.28. The molecule has 0 radical (unpaired) electrons. The number of hydrogen-bond acceptors (Lipinski definition) is 5. The zero-order chi connectivity index (χ0) is 13.7. The second kappa shape index (κ2) is 6.44. The first-order valence-corrected chi connectivity index (χ1v) is 6.90. The number of aromatic nitrogens is 2. The molecule has 0 unspecified atom stereocenters. The van der Waals surface area contributed by atoms with Crippen LogP contribution in [0, 0.1) is 0 Å². The van der Waals surface area contributed by atoms with Gasteiger partial charge in [-0.25, -0.2) is 4.98 Å². The number of aliphatic hydroxyl groups is 1. The molecule has 19 heavy (non-hydrogen) atoms. The van der Waals surface area contributed by atoms with Crippen LogP contribution in [0.2, 0.25) is 0 Å². The third-order valence-electron chi connectivity index (χ3n) is 2.69. The second-order valence-corrected chi connectivity index (χ2v) is 4.95. The number of nitrogens with one attached hydrogen (secondary N) is 1. The van der Waals surface area contributed by atoms with Crippen LogP contribution >= 0.6 is 11.3 Å². The number of fused-ring (bicyclic) bond motifs is 1. The fraction of sp³-hybridized carbons (Fsp3) is 0.417. The number of aryl methyl sites for hydroxylation is 1. The van der Waals surface area contributed by atoms with Crippen LogP contribution in [0.4, 0.5) is 0 Å². The van der Waals surface area contributed by atoms with E-state index in [1.807, 2.05) is 5.38 Å². The molecule has 102 valence electrons. The van der Waals surface area contributed by atoms with Gasteiger partial charge in [0, 0.05) is 26.1 Å². The van der Waals surface area contributed by atoms with Gasteiger partial charge in [0.15, 0.2) is 0 Å². The number of carbonyl (C=O) groups excluding carboxylic acids is 1. The number of aliphatic hydroxyl groups excluding tert-OH is 1. The molecule has 0 atom stereocenters. The van der Waals surface area contributed by atoms with Gasteiger partial charge in [0.1, 0.15) is 4.83 Å². The Morgan fingerprint density at radius 2 is 2.37 bits per heavy atom. The maximum Gasteiger partial charge on any atom is 0.262 e. The lowest BCUT2D eigenvalue weighted by Gasteiger charge is -2.06. The van der Waals surface area contributed by atoms with E-state index in [0.717, 1.165) is 0 Å². The largest absolute Gasteiger partial charge is 0.396 e. The first-order valence-electron chi connectivity index (χ1n) is 6.02. The normalized spacial score (nSPS) is 10.8. The first-order chi connectivity index (χ1) is 9.22. The summed E-state index contributed by atoms with van der Waals surface area (Å²) in [6, 6.07) is 1.74. The van der Waals surface area contributed by atoms with Crippen LogP contribution in [-0.4, -0.2) is 33.7 Å². The SMILES string of the molecule is O=C(CCn1cnc2sccc2c1=O)NCCCO. The van der Waals surface area contributed by atoms with Gasteiger partial charge in [-0.2, -0.15) is 0 Å². The first kappa shape index (κ1) is 13.7. The van der Waals surface area contributed by atoms with Gasteiger partial charge in [0.25, 0.3) is 5.56 Å². The van der Waals surface area contributed by atoms with E-state index in [0.29, 0.717) is 29.7 Å². The van der Waals surface area contributed by atoms with Gasteiger partial charge < -0.3 is 10.4 Å². The highest BCUT2D eigenvalue weighted by atomic mass is 32.1. The Morgan fingerprint density at radius 1 is 1.53 bits per heavy atom. The average Bonchev–Trinajstić information content (AvgIpc) is 2.87. The van der Waals surface area contributed by atoms with Gasteiger partial charge in [0.05, 0.1) is 11.7 Å². The van der Waals surface area contributed by atoms with E-state index in [2.05, 4.69) is 10.3 Å². The molecule has 0 bridgehead atoms. The van der Waals surface area contributed by atoms with Crippen molar-refractivity contribution in [1.29, 1.82) is 0 Å². The van der Waals surface area contributed by atoms with Crippen molar-refractivity contribution < 1.29 is 9.90 Å². The van der Waals surface area contributed by atoms with Crippen molar-refractivity contribution in [2.24, 2.45) is 0 Å². The molecule has 7 heteroatoms. The van der Waals surface area contributed by atoms with Crippen molar-refractivity contribution in [2.75, 3.05) is 13.2 Å². The molecular formula is C12H15N3O3S. The van der Waals surface area contributed by atoms with Crippen molar-refractivity contribution in [3.8, 4) is 0 Å². The standard InChI is InChI=1S/C12H15N3O3S/c16-6-1-4-13-10(17)2-5-15-8-14-11-9(12(15)18)3-7-19-11/h3,7-8,16H,1-2,4-6H2,(H,13,17). The van der Waals surface area contributed by atoms with E-state index in [9.17, 15) is 9.59 Å². The monoisotopic (exact) mass is 281 g/mol. The molecule has 2 aromatic rings. The number of amides is 1. The van der Waals surface area contributed by atoms with Crippen LogP contribution in [-0.2, 0) is 11.3 Å². The molecule has 0 aliphatic rings. The van der Waals surface area contributed by atoms with Crippen LogP contribution in [0.1, 0.15) is 12.8 Å². The lowest BCUT2D eigenvalue weighted by molar-refractivity contribution is -0.121. The molecule has 6 nitrogen and oxygen atoms in total. The molecule has 2 N–H and O–H groups in total. The van der Waals surface area contributed by atoms with Gasteiger partial charge in [-0.3, -0.25) is 14.2 Å². The van der Waals surface area contributed by atoms with Gasteiger partial charge in [0.2, 0.25) is 5.91 Å².